The first-order valence-electron chi connectivity index (χ1n) is 5.34. The largest absolute Gasteiger partial charge is 0.373 e. The molecule has 2 atom stereocenters. The molecule has 1 aromatic rings. The number of nitrogens with two attached hydrogens (primary N) is 1. The summed E-state index contributed by atoms with van der Waals surface area (Å²) in [7, 11) is 0. The van der Waals surface area contributed by atoms with Crippen LogP contribution in [0.25, 0.3) is 0 Å². The second-order valence-electron chi connectivity index (χ2n) is 3.96. The van der Waals surface area contributed by atoms with Gasteiger partial charge in [-0.15, -0.1) is 0 Å². The molecule has 2 unspecified atom stereocenters. The monoisotopic (exact) mass is 224 g/mol. The van der Waals surface area contributed by atoms with E-state index in [1.165, 1.54) is 6.20 Å². The maximum Gasteiger partial charge on any atom is 0.290 e. The van der Waals surface area contributed by atoms with Gasteiger partial charge in [0.1, 0.15) is 0 Å². The molecule has 0 aromatic carbocycles. The third-order valence-electron chi connectivity index (χ3n) is 2.67. The van der Waals surface area contributed by atoms with E-state index >= 15 is 0 Å². The van der Waals surface area contributed by atoms with Gasteiger partial charge in [0.15, 0.2) is 5.82 Å². The molecule has 6 nitrogen and oxygen atoms in total. The Kier molecular flexibility index (Phi) is 3.21. The molecule has 3 N–H and O–H groups in total. The lowest BCUT2D eigenvalue weighted by atomic mass is 10.1. The molecule has 0 aliphatic carbocycles. The van der Waals surface area contributed by atoms with Gasteiger partial charge in [-0.2, -0.15) is 0 Å². The van der Waals surface area contributed by atoms with Crippen molar-refractivity contribution in [3.05, 3.63) is 22.7 Å². The minimum atomic E-state index is -0.173. The van der Waals surface area contributed by atoms with Gasteiger partial charge >= 0.3 is 0 Å². The summed E-state index contributed by atoms with van der Waals surface area (Å²) in [6.07, 6.45) is 3.05. The van der Waals surface area contributed by atoms with Crippen molar-refractivity contribution >= 4 is 5.82 Å². The predicted octanol–water partition coefficient (Wildman–Crippen LogP) is -0.678. The van der Waals surface area contributed by atoms with Crippen LogP contribution in [0.5, 0.6) is 0 Å². The van der Waals surface area contributed by atoms with E-state index in [-0.39, 0.29) is 17.7 Å². The zero-order valence-electron chi connectivity index (χ0n) is 9.22. The zero-order chi connectivity index (χ0) is 11.5. The van der Waals surface area contributed by atoms with Crippen molar-refractivity contribution in [1.29, 1.82) is 0 Å². The quantitative estimate of drug-likeness (QED) is 0.695. The van der Waals surface area contributed by atoms with Crippen molar-refractivity contribution in [2.45, 2.75) is 19.1 Å². The smallest absolute Gasteiger partial charge is 0.290 e. The number of aromatic nitrogens is 2. The average molecular weight is 224 g/mol. The van der Waals surface area contributed by atoms with Crippen molar-refractivity contribution in [2.75, 3.05) is 24.6 Å². The molecule has 88 valence electrons. The van der Waals surface area contributed by atoms with Crippen molar-refractivity contribution in [3.63, 3.8) is 0 Å². The molecule has 2 rings (SSSR count). The van der Waals surface area contributed by atoms with Gasteiger partial charge in [-0.25, -0.2) is 4.98 Å². The number of H-pyrrole nitrogens is 1. The number of hydrogen-bond donors (Lipinski definition) is 2. The van der Waals surface area contributed by atoms with E-state index < -0.39 is 0 Å². The molecule has 0 spiro atoms. The Morgan fingerprint density at radius 3 is 3.25 bits per heavy atom. The first-order chi connectivity index (χ1) is 7.68. The summed E-state index contributed by atoms with van der Waals surface area (Å²) in [5, 5.41) is 0. The van der Waals surface area contributed by atoms with E-state index in [0.29, 0.717) is 25.5 Å². The molecule has 1 fully saturated rings. The van der Waals surface area contributed by atoms with E-state index in [9.17, 15) is 4.79 Å². The maximum absolute atomic E-state index is 11.6. The maximum atomic E-state index is 11.6. The van der Waals surface area contributed by atoms with Gasteiger partial charge in [-0.1, -0.05) is 0 Å². The molecule has 0 saturated carbocycles. The summed E-state index contributed by atoms with van der Waals surface area (Å²) in [5.74, 6) is 0.441. The Morgan fingerprint density at radius 2 is 2.56 bits per heavy atom. The highest BCUT2D eigenvalue weighted by Crippen LogP contribution is 2.11. The third kappa shape index (κ3) is 2.23. The van der Waals surface area contributed by atoms with Crippen LogP contribution in [0.1, 0.15) is 6.92 Å². The number of ether oxygens (including phenoxy) is 1. The number of nitrogens with zero attached hydrogens (tertiary/aromatic N) is 2. The summed E-state index contributed by atoms with van der Waals surface area (Å²) in [6, 6.07) is -0.0504. The summed E-state index contributed by atoms with van der Waals surface area (Å²) < 4.78 is 5.52. The van der Waals surface area contributed by atoms with Crippen molar-refractivity contribution in [1.82, 2.24) is 9.97 Å². The Balaban J connectivity index is 2.16. The van der Waals surface area contributed by atoms with Gasteiger partial charge in [0.25, 0.3) is 5.56 Å². The summed E-state index contributed by atoms with van der Waals surface area (Å²) >= 11 is 0. The number of hydrogen-bond acceptors (Lipinski definition) is 5. The zero-order valence-corrected chi connectivity index (χ0v) is 9.22. The van der Waals surface area contributed by atoms with Crippen LogP contribution in [0.2, 0.25) is 0 Å². The van der Waals surface area contributed by atoms with Crippen LogP contribution in [0, 0.1) is 0 Å². The molecule has 0 radical (unpaired) electrons. The fourth-order valence-corrected chi connectivity index (χ4v) is 1.76. The number of nitrogens with one attached hydrogen (secondary N) is 1. The van der Waals surface area contributed by atoms with Gasteiger partial charge in [0.05, 0.1) is 12.7 Å². The Labute approximate surface area is 93.4 Å². The van der Waals surface area contributed by atoms with E-state index in [1.807, 2.05) is 11.8 Å². The lowest BCUT2D eigenvalue weighted by Gasteiger charge is -2.34. The predicted molar refractivity (Wildman–Crippen MR) is 60.5 cm³/mol. The van der Waals surface area contributed by atoms with E-state index in [1.54, 1.807) is 6.20 Å². The van der Waals surface area contributed by atoms with E-state index in [2.05, 4.69) is 9.97 Å². The van der Waals surface area contributed by atoms with Gasteiger partial charge in [-0.3, -0.25) is 4.79 Å². The fourth-order valence-electron chi connectivity index (χ4n) is 1.76. The standard InChI is InChI=1S/C10H16N4O2/c1-7(11)8-6-14(4-5-16-8)9-10(15)13-3-2-12-9/h2-3,7-8H,4-6,11H2,1H3,(H,13,15). The molecule has 1 saturated heterocycles. The van der Waals surface area contributed by atoms with E-state index in [0.717, 1.165) is 0 Å². The molecular weight excluding hydrogens is 208 g/mol. The second-order valence-corrected chi connectivity index (χ2v) is 3.96. The van der Waals surface area contributed by atoms with Crippen molar-refractivity contribution in [2.24, 2.45) is 5.73 Å². The van der Waals surface area contributed by atoms with Crippen LogP contribution in [-0.4, -0.2) is 41.8 Å². The third-order valence-corrected chi connectivity index (χ3v) is 2.67. The number of aromatic amines is 1. The SMILES string of the molecule is CC(N)C1CN(c2ncc[nH]c2=O)CCO1. The second kappa shape index (κ2) is 4.63. The van der Waals surface area contributed by atoms with Crippen molar-refractivity contribution in [3.8, 4) is 0 Å². The Bertz CT molecular complexity index is 404. The van der Waals surface area contributed by atoms with Crippen LogP contribution < -0.4 is 16.2 Å². The summed E-state index contributed by atoms with van der Waals surface area (Å²) in [5.41, 5.74) is 5.61. The van der Waals surface area contributed by atoms with Gasteiger partial charge in [-0.05, 0) is 6.92 Å². The van der Waals surface area contributed by atoms with Crippen LogP contribution >= 0.6 is 0 Å². The highest BCUT2D eigenvalue weighted by molar-refractivity contribution is 5.35. The van der Waals surface area contributed by atoms with Crippen LogP contribution in [0.15, 0.2) is 17.2 Å². The lowest BCUT2D eigenvalue weighted by molar-refractivity contribution is 0.0272. The summed E-state index contributed by atoms with van der Waals surface area (Å²) in [6.45, 7) is 3.75. The molecule has 16 heavy (non-hydrogen) atoms. The molecule has 0 amide bonds. The molecule has 2 heterocycles. The number of rotatable bonds is 2. The lowest BCUT2D eigenvalue weighted by Crippen LogP contribution is -2.51. The minimum absolute atomic E-state index is 0.0462. The Morgan fingerprint density at radius 1 is 1.75 bits per heavy atom. The van der Waals surface area contributed by atoms with Crippen LogP contribution in [-0.2, 0) is 4.74 Å². The normalized spacial score (nSPS) is 23.1. The molecular formula is C10H16N4O2. The van der Waals surface area contributed by atoms with Crippen molar-refractivity contribution < 1.29 is 4.74 Å². The molecule has 0 bridgehead atoms. The topological polar surface area (TPSA) is 84.2 Å². The average Bonchev–Trinajstić information content (AvgIpc) is 2.30. The highest BCUT2D eigenvalue weighted by Gasteiger charge is 2.25. The van der Waals surface area contributed by atoms with Crippen LogP contribution in [0.3, 0.4) is 0 Å². The van der Waals surface area contributed by atoms with E-state index in [4.69, 9.17) is 10.5 Å². The first kappa shape index (κ1) is 11.1. The number of anilines is 1. The molecule has 1 aromatic heterocycles. The summed E-state index contributed by atoms with van der Waals surface area (Å²) in [4.78, 5) is 20.2. The molecule has 6 heteroatoms. The molecule has 1 aliphatic heterocycles. The Hall–Kier alpha value is -1.40. The van der Waals surface area contributed by atoms with Crippen LogP contribution in [0.4, 0.5) is 5.82 Å². The first-order valence-corrected chi connectivity index (χ1v) is 5.34. The number of morpholine rings is 1. The van der Waals surface area contributed by atoms with Gasteiger partial charge in [0.2, 0.25) is 0 Å². The fraction of sp³-hybridized carbons (Fsp3) is 0.600. The van der Waals surface area contributed by atoms with Gasteiger partial charge < -0.3 is 20.4 Å². The van der Waals surface area contributed by atoms with Gasteiger partial charge in [0, 0.05) is 31.5 Å². The highest BCUT2D eigenvalue weighted by atomic mass is 16.5. The minimum Gasteiger partial charge on any atom is -0.373 e. The molecule has 1 aliphatic rings.